The third kappa shape index (κ3) is 1.59. The second-order valence-corrected chi connectivity index (χ2v) is 7.64. The molecule has 1 fully saturated rings. The Morgan fingerprint density at radius 3 is 2.69 bits per heavy atom. The summed E-state index contributed by atoms with van der Waals surface area (Å²) in [6, 6.07) is 3.87. The highest BCUT2D eigenvalue weighted by molar-refractivity contribution is 6.06. The van der Waals surface area contributed by atoms with Crippen molar-refractivity contribution in [3.63, 3.8) is 0 Å². The molecule has 1 spiro atoms. The second-order valence-electron chi connectivity index (χ2n) is 7.64. The molecule has 26 heavy (non-hydrogen) atoms. The van der Waals surface area contributed by atoms with Crippen LogP contribution in [0.3, 0.4) is 0 Å². The van der Waals surface area contributed by atoms with Gasteiger partial charge in [0.25, 0.3) is 5.79 Å². The first kappa shape index (κ1) is 14.7. The molecule has 1 aromatic carbocycles. The number of carbonyl (C=O) groups is 1. The van der Waals surface area contributed by atoms with Crippen molar-refractivity contribution in [2.45, 2.75) is 25.6 Å². The molecule has 0 unspecified atom stereocenters. The normalized spacial score (nSPS) is 38.3. The fourth-order valence-corrected chi connectivity index (χ4v) is 5.04. The number of fused-ring (bicyclic) bond motifs is 3. The number of benzene rings is 1. The van der Waals surface area contributed by atoms with E-state index in [9.17, 15) is 4.79 Å². The standard InChI is InChI=1S/C20H18O6/c1-9-3-11-13(21)5-17-20(25-8-24-17)19(11)18(10(9)2)12-4-15-16(23-7-22-15)6-14(12)26-20/h3-6,9-10,18-19H,7-8H2,1-2H3/t9-,10+,18+,19+,20+/m0/s1. The summed E-state index contributed by atoms with van der Waals surface area (Å²) in [5, 5.41) is 0. The van der Waals surface area contributed by atoms with E-state index >= 15 is 0 Å². The molecule has 1 aromatic rings. The summed E-state index contributed by atoms with van der Waals surface area (Å²) in [4.78, 5) is 12.8. The molecule has 0 aromatic heterocycles. The summed E-state index contributed by atoms with van der Waals surface area (Å²) in [5.74, 6) is 1.90. The molecule has 0 amide bonds. The summed E-state index contributed by atoms with van der Waals surface area (Å²) < 4.78 is 29.1. The molecule has 3 aliphatic heterocycles. The molecule has 0 radical (unpaired) electrons. The van der Waals surface area contributed by atoms with Crippen LogP contribution in [0.4, 0.5) is 0 Å². The summed E-state index contributed by atoms with van der Waals surface area (Å²) >= 11 is 0. The Morgan fingerprint density at radius 1 is 1.04 bits per heavy atom. The Morgan fingerprint density at radius 2 is 1.85 bits per heavy atom. The first-order valence-corrected chi connectivity index (χ1v) is 8.96. The molecule has 0 N–H and O–H groups in total. The number of rotatable bonds is 0. The molecule has 5 atom stereocenters. The van der Waals surface area contributed by atoms with Gasteiger partial charge in [0, 0.05) is 29.2 Å². The van der Waals surface area contributed by atoms with Crippen LogP contribution in [0.15, 0.2) is 35.6 Å². The van der Waals surface area contributed by atoms with Gasteiger partial charge in [-0.3, -0.25) is 9.53 Å². The van der Waals surface area contributed by atoms with Gasteiger partial charge in [-0.15, -0.1) is 0 Å². The van der Waals surface area contributed by atoms with Crippen molar-refractivity contribution in [3.05, 3.63) is 41.2 Å². The van der Waals surface area contributed by atoms with E-state index in [1.807, 2.05) is 12.1 Å². The van der Waals surface area contributed by atoms with Crippen LogP contribution in [0.1, 0.15) is 25.3 Å². The molecule has 1 saturated heterocycles. The van der Waals surface area contributed by atoms with Gasteiger partial charge in [0.1, 0.15) is 5.75 Å². The third-order valence-corrected chi connectivity index (χ3v) is 6.45. The lowest BCUT2D eigenvalue weighted by molar-refractivity contribution is -0.182. The minimum atomic E-state index is -1.07. The lowest BCUT2D eigenvalue weighted by Gasteiger charge is -2.51. The molecule has 6 heteroatoms. The maximum Gasteiger partial charge on any atom is 0.279 e. The number of carbonyl (C=O) groups excluding carboxylic acids is 1. The van der Waals surface area contributed by atoms with E-state index in [1.165, 1.54) is 6.08 Å². The summed E-state index contributed by atoms with van der Waals surface area (Å²) in [6.07, 6.45) is 3.60. The van der Waals surface area contributed by atoms with E-state index < -0.39 is 5.79 Å². The van der Waals surface area contributed by atoms with Gasteiger partial charge in [0.2, 0.25) is 6.79 Å². The number of hydrogen-bond acceptors (Lipinski definition) is 6. The van der Waals surface area contributed by atoms with Crippen LogP contribution >= 0.6 is 0 Å². The summed E-state index contributed by atoms with van der Waals surface area (Å²) in [7, 11) is 0. The Balaban J connectivity index is 1.64. The fourth-order valence-electron chi connectivity index (χ4n) is 5.04. The Kier molecular flexibility index (Phi) is 2.61. The molecule has 5 aliphatic rings. The van der Waals surface area contributed by atoms with Crippen molar-refractivity contribution in [2.75, 3.05) is 13.6 Å². The number of ketones is 1. The van der Waals surface area contributed by atoms with Gasteiger partial charge < -0.3 is 18.9 Å². The smallest absolute Gasteiger partial charge is 0.279 e. The molecule has 0 saturated carbocycles. The average Bonchev–Trinajstić information content (AvgIpc) is 3.23. The highest BCUT2D eigenvalue weighted by atomic mass is 16.8. The van der Waals surface area contributed by atoms with Gasteiger partial charge in [-0.25, -0.2) is 0 Å². The molecular formula is C20H18O6. The maximum absolute atomic E-state index is 12.8. The Bertz CT molecular complexity index is 915. The molecule has 6 rings (SSSR count). The van der Waals surface area contributed by atoms with Gasteiger partial charge in [-0.1, -0.05) is 19.9 Å². The van der Waals surface area contributed by atoms with Crippen molar-refractivity contribution in [1.82, 2.24) is 0 Å². The molecular weight excluding hydrogens is 336 g/mol. The van der Waals surface area contributed by atoms with Crippen LogP contribution < -0.4 is 14.2 Å². The van der Waals surface area contributed by atoms with E-state index in [0.29, 0.717) is 23.2 Å². The van der Waals surface area contributed by atoms with Gasteiger partial charge in [0.05, 0.1) is 5.92 Å². The first-order valence-electron chi connectivity index (χ1n) is 8.96. The number of ether oxygens (including phenoxy) is 5. The van der Waals surface area contributed by atoms with E-state index in [-0.39, 0.29) is 37.1 Å². The highest BCUT2D eigenvalue weighted by Crippen LogP contribution is 2.61. The topological polar surface area (TPSA) is 63.2 Å². The van der Waals surface area contributed by atoms with Gasteiger partial charge >= 0.3 is 0 Å². The molecule has 134 valence electrons. The van der Waals surface area contributed by atoms with Crippen LogP contribution in [0, 0.1) is 17.8 Å². The molecule has 3 heterocycles. The van der Waals surface area contributed by atoms with Crippen LogP contribution in [-0.4, -0.2) is 25.2 Å². The predicted molar refractivity (Wildman–Crippen MR) is 88.7 cm³/mol. The zero-order valence-electron chi connectivity index (χ0n) is 14.5. The summed E-state index contributed by atoms with van der Waals surface area (Å²) in [6.45, 7) is 4.66. The van der Waals surface area contributed by atoms with E-state index in [2.05, 4.69) is 19.9 Å². The second kappa shape index (κ2) is 4.62. The Labute approximate surface area is 150 Å². The van der Waals surface area contributed by atoms with Crippen LogP contribution in [0.5, 0.6) is 17.2 Å². The monoisotopic (exact) mass is 354 g/mol. The average molecular weight is 354 g/mol. The zero-order valence-corrected chi connectivity index (χ0v) is 14.5. The maximum atomic E-state index is 12.8. The third-order valence-electron chi connectivity index (χ3n) is 6.45. The van der Waals surface area contributed by atoms with Crippen LogP contribution in [-0.2, 0) is 14.3 Å². The van der Waals surface area contributed by atoms with Crippen molar-refractivity contribution in [1.29, 1.82) is 0 Å². The quantitative estimate of drug-likeness (QED) is 0.714. The van der Waals surface area contributed by atoms with Gasteiger partial charge in [0.15, 0.2) is 29.8 Å². The minimum Gasteiger partial charge on any atom is -0.465 e. The highest BCUT2D eigenvalue weighted by Gasteiger charge is 2.64. The largest absolute Gasteiger partial charge is 0.465 e. The van der Waals surface area contributed by atoms with Crippen molar-refractivity contribution in [3.8, 4) is 17.2 Å². The predicted octanol–water partition coefficient (Wildman–Crippen LogP) is 2.89. The van der Waals surface area contributed by atoms with E-state index in [4.69, 9.17) is 23.7 Å². The van der Waals surface area contributed by atoms with E-state index in [0.717, 1.165) is 16.9 Å². The lowest BCUT2D eigenvalue weighted by Crippen LogP contribution is -2.56. The SMILES string of the molecule is C[C@H]1[C@@H]2c3cc4c(cc3O[C@]35OCOC3=CC(=O)C(=C[C@@H]1C)[C@H]25)OCO4. The molecule has 2 aliphatic carbocycles. The molecule has 0 bridgehead atoms. The fraction of sp³-hybridized carbons (Fsp3) is 0.450. The van der Waals surface area contributed by atoms with Crippen molar-refractivity contribution < 1.29 is 28.5 Å². The molecule has 6 nitrogen and oxygen atoms in total. The zero-order chi connectivity index (χ0) is 17.6. The van der Waals surface area contributed by atoms with Gasteiger partial charge in [-0.2, -0.15) is 0 Å². The van der Waals surface area contributed by atoms with Gasteiger partial charge in [-0.05, 0) is 17.9 Å². The number of hydrogen-bond donors (Lipinski definition) is 0. The van der Waals surface area contributed by atoms with Crippen molar-refractivity contribution in [2.24, 2.45) is 17.8 Å². The van der Waals surface area contributed by atoms with Crippen LogP contribution in [0.2, 0.25) is 0 Å². The number of allylic oxidation sites excluding steroid dienone is 2. The summed E-state index contributed by atoms with van der Waals surface area (Å²) in [5.41, 5.74) is 1.80. The minimum absolute atomic E-state index is 0.0114. The first-order chi connectivity index (χ1) is 12.6. The van der Waals surface area contributed by atoms with E-state index in [1.54, 1.807) is 0 Å². The Hall–Kier alpha value is -2.47. The van der Waals surface area contributed by atoms with Crippen molar-refractivity contribution >= 4 is 5.78 Å². The lowest BCUT2D eigenvalue weighted by atomic mass is 9.59. The van der Waals surface area contributed by atoms with Crippen LogP contribution in [0.25, 0.3) is 0 Å².